The molecule has 1 fully saturated rings. The van der Waals surface area contributed by atoms with E-state index in [0.29, 0.717) is 4.90 Å². The number of amides is 1. The Labute approximate surface area is 159 Å². The summed E-state index contributed by atoms with van der Waals surface area (Å²) in [4.78, 5) is 24.6. The maximum absolute atomic E-state index is 14.1. The van der Waals surface area contributed by atoms with Gasteiger partial charge in [0.15, 0.2) is 13.9 Å². The van der Waals surface area contributed by atoms with Gasteiger partial charge in [-0.3, -0.25) is 4.90 Å². The van der Waals surface area contributed by atoms with Crippen LogP contribution in [0, 0.1) is 0 Å². The van der Waals surface area contributed by atoms with E-state index >= 15 is 0 Å². The SMILES string of the molecule is CC(C)(C)OC(=O)N1C[C@](O[Si](C)(C)C(C)(C)C)(C(F)(F)F)C[C@H]1C(=O)O. The molecular formula is C17H30F3NO5Si. The molecule has 0 radical (unpaired) electrons. The van der Waals surface area contributed by atoms with Gasteiger partial charge in [0.05, 0.1) is 6.54 Å². The lowest BCUT2D eigenvalue weighted by atomic mass is 10.00. The molecule has 0 spiro atoms. The number of hydrogen-bond acceptors (Lipinski definition) is 4. The number of aliphatic carboxylic acids is 1. The summed E-state index contributed by atoms with van der Waals surface area (Å²) in [6, 6.07) is -1.67. The molecule has 0 bridgehead atoms. The van der Waals surface area contributed by atoms with Crippen molar-refractivity contribution >= 4 is 20.4 Å². The topological polar surface area (TPSA) is 76.1 Å². The van der Waals surface area contributed by atoms with Crippen molar-refractivity contribution in [2.75, 3.05) is 6.54 Å². The van der Waals surface area contributed by atoms with Crippen LogP contribution in [0.3, 0.4) is 0 Å². The standard InChI is InChI=1S/C17H30F3NO5Si/c1-14(2,3)25-13(24)21-10-16(17(18,19)20,9-11(21)12(22)23)26-27(7,8)15(4,5)6/h11H,9-10H2,1-8H3,(H,22,23)/t11-,16-/m0/s1. The summed E-state index contributed by atoms with van der Waals surface area (Å²) < 4.78 is 53.0. The molecule has 0 saturated carbocycles. The van der Waals surface area contributed by atoms with E-state index in [1.54, 1.807) is 54.6 Å². The normalized spacial score (nSPS) is 24.9. The molecule has 1 aliphatic heterocycles. The van der Waals surface area contributed by atoms with Gasteiger partial charge in [0.2, 0.25) is 0 Å². The molecule has 2 atom stereocenters. The molecule has 1 amide bonds. The number of carbonyl (C=O) groups excluding carboxylic acids is 1. The van der Waals surface area contributed by atoms with Crippen molar-refractivity contribution in [3.8, 4) is 0 Å². The van der Waals surface area contributed by atoms with Gasteiger partial charge in [-0.2, -0.15) is 13.2 Å². The van der Waals surface area contributed by atoms with Crippen LogP contribution in [0.25, 0.3) is 0 Å². The van der Waals surface area contributed by atoms with Crippen LogP contribution in [0.1, 0.15) is 48.0 Å². The van der Waals surface area contributed by atoms with Crippen LogP contribution in [-0.4, -0.2) is 60.4 Å². The summed E-state index contributed by atoms with van der Waals surface area (Å²) in [7, 11) is -2.92. The fourth-order valence-corrected chi connectivity index (χ4v) is 4.13. The van der Waals surface area contributed by atoms with Crippen LogP contribution in [0.4, 0.5) is 18.0 Å². The Kier molecular flexibility index (Phi) is 6.11. The molecule has 1 N–H and O–H groups in total. The number of carboxylic acids is 1. The van der Waals surface area contributed by atoms with Crippen LogP contribution in [0.2, 0.25) is 18.1 Å². The van der Waals surface area contributed by atoms with E-state index in [1.807, 2.05) is 0 Å². The first-order valence-corrected chi connectivity index (χ1v) is 11.6. The second kappa shape index (κ2) is 6.95. The lowest BCUT2D eigenvalue weighted by Gasteiger charge is -2.44. The van der Waals surface area contributed by atoms with E-state index in [0.717, 1.165) is 0 Å². The van der Waals surface area contributed by atoms with Crippen LogP contribution in [0.15, 0.2) is 0 Å². The molecule has 0 aromatic rings. The molecule has 0 aromatic heterocycles. The van der Waals surface area contributed by atoms with Gasteiger partial charge in [-0.05, 0) is 38.9 Å². The van der Waals surface area contributed by atoms with Gasteiger partial charge < -0.3 is 14.3 Å². The van der Waals surface area contributed by atoms with E-state index in [2.05, 4.69) is 0 Å². The second-order valence-corrected chi connectivity index (χ2v) is 14.2. The van der Waals surface area contributed by atoms with Crippen LogP contribution >= 0.6 is 0 Å². The first-order valence-electron chi connectivity index (χ1n) is 8.72. The first kappa shape index (κ1) is 23.7. The molecule has 10 heteroatoms. The zero-order valence-electron chi connectivity index (χ0n) is 17.2. The molecule has 0 aromatic carbocycles. The van der Waals surface area contributed by atoms with E-state index in [4.69, 9.17) is 9.16 Å². The molecule has 6 nitrogen and oxygen atoms in total. The zero-order chi connectivity index (χ0) is 21.6. The van der Waals surface area contributed by atoms with Gasteiger partial charge in [-0.25, -0.2) is 9.59 Å². The highest BCUT2D eigenvalue weighted by Crippen LogP contribution is 2.49. The molecule has 1 rings (SSSR count). The number of nitrogens with zero attached hydrogens (tertiary/aromatic N) is 1. The van der Waals surface area contributed by atoms with Gasteiger partial charge in [-0.1, -0.05) is 20.8 Å². The Morgan fingerprint density at radius 2 is 1.59 bits per heavy atom. The molecule has 1 saturated heterocycles. The maximum Gasteiger partial charge on any atom is 0.418 e. The first-order chi connectivity index (χ1) is 11.7. The minimum atomic E-state index is -4.84. The smallest absolute Gasteiger partial charge is 0.418 e. The Hall–Kier alpha value is -1.29. The fraction of sp³-hybridized carbons (Fsp3) is 0.882. The second-order valence-electron chi connectivity index (χ2n) is 9.52. The molecule has 1 aliphatic rings. The third kappa shape index (κ3) is 5.16. The molecule has 0 aliphatic carbocycles. The van der Waals surface area contributed by atoms with Gasteiger partial charge in [0, 0.05) is 6.42 Å². The molecule has 1 heterocycles. The average molecular weight is 414 g/mol. The molecule has 158 valence electrons. The Morgan fingerprint density at radius 3 is 1.93 bits per heavy atom. The zero-order valence-corrected chi connectivity index (χ0v) is 18.2. The number of rotatable bonds is 3. The lowest BCUT2D eigenvalue weighted by Crippen LogP contribution is -2.58. The summed E-state index contributed by atoms with van der Waals surface area (Å²) in [5, 5.41) is 8.90. The Bertz CT molecular complexity index is 595. The highest BCUT2D eigenvalue weighted by atomic mass is 28.4. The van der Waals surface area contributed by atoms with Crippen molar-refractivity contribution in [3.05, 3.63) is 0 Å². The Balaban J connectivity index is 3.35. The largest absolute Gasteiger partial charge is 0.480 e. The number of carboxylic acid groups (broad SMARTS) is 1. The summed E-state index contributed by atoms with van der Waals surface area (Å²) in [6.45, 7) is 12.4. The van der Waals surface area contributed by atoms with Crippen molar-refractivity contribution in [1.82, 2.24) is 4.90 Å². The van der Waals surface area contributed by atoms with Crippen molar-refractivity contribution in [1.29, 1.82) is 0 Å². The van der Waals surface area contributed by atoms with Gasteiger partial charge in [0.1, 0.15) is 11.6 Å². The van der Waals surface area contributed by atoms with Crippen molar-refractivity contribution in [2.45, 2.75) is 89.5 Å². The third-order valence-electron chi connectivity index (χ3n) is 5.01. The number of carbonyl (C=O) groups is 2. The van der Waals surface area contributed by atoms with E-state index in [-0.39, 0.29) is 0 Å². The fourth-order valence-electron chi connectivity index (χ4n) is 2.58. The predicted molar refractivity (Wildman–Crippen MR) is 96.0 cm³/mol. The number of ether oxygens (including phenoxy) is 1. The number of hydrogen-bond donors (Lipinski definition) is 1. The number of likely N-dealkylation sites (tertiary alicyclic amines) is 1. The monoisotopic (exact) mass is 413 g/mol. The van der Waals surface area contributed by atoms with Gasteiger partial charge in [-0.15, -0.1) is 0 Å². The van der Waals surface area contributed by atoms with Crippen LogP contribution in [-0.2, 0) is 14.0 Å². The number of halogens is 3. The van der Waals surface area contributed by atoms with E-state index in [9.17, 15) is 27.9 Å². The van der Waals surface area contributed by atoms with Gasteiger partial charge in [0.25, 0.3) is 0 Å². The summed E-state index contributed by atoms with van der Waals surface area (Å²) in [5.74, 6) is -1.52. The highest BCUT2D eigenvalue weighted by Gasteiger charge is 2.66. The predicted octanol–water partition coefficient (Wildman–Crippen LogP) is 4.40. The molecular weight excluding hydrogens is 383 g/mol. The minimum absolute atomic E-state index is 0.524. The number of alkyl halides is 3. The van der Waals surface area contributed by atoms with Crippen molar-refractivity contribution in [2.24, 2.45) is 0 Å². The minimum Gasteiger partial charge on any atom is -0.480 e. The molecule has 27 heavy (non-hydrogen) atoms. The van der Waals surface area contributed by atoms with Gasteiger partial charge >= 0.3 is 18.2 Å². The summed E-state index contributed by atoms with van der Waals surface area (Å²) in [5.41, 5.74) is -3.71. The molecule has 0 unspecified atom stereocenters. The highest BCUT2D eigenvalue weighted by molar-refractivity contribution is 6.74. The summed E-state index contributed by atoms with van der Waals surface area (Å²) >= 11 is 0. The van der Waals surface area contributed by atoms with E-state index in [1.165, 1.54) is 0 Å². The lowest BCUT2D eigenvalue weighted by molar-refractivity contribution is -0.247. The van der Waals surface area contributed by atoms with Crippen molar-refractivity contribution < 1.29 is 37.0 Å². The van der Waals surface area contributed by atoms with Crippen LogP contribution in [0.5, 0.6) is 0 Å². The van der Waals surface area contributed by atoms with E-state index < -0.39 is 61.8 Å². The third-order valence-corrected chi connectivity index (χ3v) is 9.52. The maximum atomic E-state index is 14.1. The van der Waals surface area contributed by atoms with Crippen LogP contribution < -0.4 is 0 Å². The quantitative estimate of drug-likeness (QED) is 0.694. The summed E-state index contributed by atoms with van der Waals surface area (Å²) in [6.07, 6.45) is -6.80. The Morgan fingerprint density at radius 1 is 1.11 bits per heavy atom. The average Bonchev–Trinajstić information content (AvgIpc) is 2.75. The van der Waals surface area contributed by atoms with Crippen molar-refractivity contribution in [3.63, 3.8) is 0 Å².